The highest BCUT2D eigenvalue weighted by Gasteiger charge is 2.19. The molecule has 7 nitrogen and oxygen atoms in total. The number of amides is 1. The number of halogens is 2. The number of rotatable bonds is 5. The molecule has 2 N–H and O–H groups in total. The molecule has 0 atom stereocenters. The summed E-state index contributed by atoms with van der Waals surface area (Å²) >= 11 is 1.44. The van der Waals surface area contributed by atoms with Crippen LogP contribution in [0.25, 0.3) is 16.2 Å². The van der Waals surface area contributed by atoms with E-state index in [2.05, 4.69) is 15.4 Å². The number of carbonyl (C=O) groups excluding carboxylic acids is 1. The molecule has 0 saturated heterocycles. The number of benzene rings is 1. The predicted molar refractivity (Wildman–Crippen MR) is 101 cm³/mol. The van der Waals surface area contributed by atoms with Gasteiger partial charge in [0.2, 0.25) is 0 Å². The Bertz CT molecular complexity index is 1240. The highest BCUT2D eigenvalue weighted by molar-refractivity contribution is 7.13. The Morgan fingerprint density at radius 2 is 1.97 bits per heavy atom. The molecule has 0 radical (unpaired) electrons. The van der Waals surface area contributed by atoms with E-state index in [1.54, 1.807) is 6.07 Å². The molecule has 3 heterocycles. The number of aromatic nitrogens is 3. The van der Waals surface area contributed by atoms with Crippen molar-refractivity contribution in [2.75, 3.05) is 0 Å². The highest BCUT2D eigenvalue weighted by Crippen LogP contribution is 2.24. The number of carboxylic acid groups (broad SMARTS) is 1. The lowest BCUT2D eigenvalue weighted by molar-refractivity contribution is 0.0690. The molecule has 0 aliphatic heterocycles. The van der Waals surface area contributed by atoms with Gasteiger partial charge in [0, 0.05) is 18.7 Å². The summed E-state index contributed by atoms with van der Waals surface area (Å²) in [7, 11) is 0. The molecule has 4 aromatic rings. The first kappa shape index (κ1) is 18.7. The summed E-state index contributed by atoms with van der Waals surface area (Å²) in [5, 5.41) is 18.1. The van der Waals surface area contributed by atoms with Gasteiger partial charge in [-0.05, 0) is 29.1 Å². The normalized spacial score (nSPS) is 11.0. The van der Waals surface area contributed by atoms with E-state index in [9.17, 15) is 23.5 Å². The molecule has 0 saturated carbocycles. The third kappa shape index (κ3) is 3.69. The molecule has 10 heteroatoms. The molecule has 1 amide bonds. The number of hydrogen-bond donors (Lipinski definition) is 2. The second-order valence-corrected chi connectivity index (χ2v) is 6.99. The lowest BCUT2D eigenvalue weighted by atomic mass is 10.2. The number of aromatic carboxylic acids is 1. The van der Waals surface area contributed by atoms with Gasteiger partial charge in [0.15, 0.2) is 23.0 Å². The van der Waals surface area contributed by atoms with Gasteiger partial charge in [-0.15, -0.1) is 11.3 Å². The SMILES string of the molecule is O=C(O)c1cc(C(=O)NCc2ccc(F)c(F)c2)n2nc(-c3cccs3)cc2n1. The fraction of sp³-hybridized carbons (Fsp3) is 0.0526. The van der Waals surface area contributed by atoms with Crippen LogP contribution >= 0.6 is 11.3 Å². The molecular weight excluding hydrogens is 402 g/mol. The number of thiophene rings is 1. The molecule has 146 valence electrons. The largest absolute Gasteiger partial charge is 0.477 e. The minimum atomic E-state index is -1.29. The van der Waals surface area contributed by atoms with Crippen LogP contribution in [0.4, 0.5) is 8.78 Å². The zero-order valence-electron chi connectivity index (χ0n) is 14.6. The summed E-state index contributed by atoms with van der Waals surface area (Å²) in [4.78, 5) is 29.0. The fourth-order valence-corrected chi connectivity index (χ4v) is 3.39. The van der Waals surface area contributed by atoms with Crippen LogP contribution in [0.5, 0.6) is 0 Å². The van der Waals surface area contributed by atoms with Gasteiger partial charge in [-0.25, -0.2) is 23.1 Å². The summed E-state index contributed by atoms with van der Waals surface area (Å²) in [5.74, 6) is -3.94. The van der Waals surface area contributed by atoms with Crippen molar-refractivity contribution in [3.63, 3.8) is 0 Å². The van der Waals surface area contributed by atoms with E-state index < -0.39 is 23.5 Å². The second kappa shape index (κ2) is 7.40. The maximum atomic E-state index is 13.3. The molecule has 3 aromatic heterocycles. The maximum Gasteiger partial charge on any atom is 0.354 e. The number of nitrogens with zero attached hydrogens (tertiary/aromatic N) is 3. The molecule has 0 unspecified atom stereocenters. The van der Waals surface area contributed by atoms with Crippen molar-refractivity contribution in [2.24, 2.45) is 0 Å². The van der Waals surface area contributed by atoms with E-state index in [0.29, 0.717) is 11.3 Å². The summed E-state index contributed by atoms with van der Waals surface area (Å²) in [5.41, 5.74) is 0.739. The Kier molecular flexibility index (Phi) is 4.77. The summed E-state index contributed by atoms with van der Waals surface area (Å²) in [6.07, 6.45) is 0. The number of fused-ring (bicyclic) bond motifs is 1. The third-order valence-corrected chi connectivity index (χ3v) is 4.98. The van der Waals surface area contributed by atoms with Gasteiger partial charge in [0.05, 0.1) is 4.88 Å². The average Bonchev–Trinajstić information content (AvgIpc) is 3.37. The van der Waals surface area contributed by atoms with Crippen LogP contribution in [-0.4, -0.2) is 31.6 Å². The van der Waals surface area contributed by atoms with Crippen LogP contribution in [0.1, 0.15) is 26.5 Å². The van der Waals surface area contributed by atoms with Crippen molar-refractivity contribution in [2.45, 2.75) is 6.54 Å². The Morgan fingerprint density at radius 1 is 1.14 bits per heavy atom. The van der Waals surface area contributed by atoms with Gasteiger partial charge in [-0.2, -0.15) is 5.10 Å². The fourth-order valence-electron chi connectivity index (χ4n) is 2.71. The Hall–Kier alpha value is -3.66. The molecule has 1 aromatic carbocycles. The van der Waals surface area contributed by atoms with Crippen LogP contribution in [0.2, 0.25) is 0 Å². The Balaban J connectivity index is 1.69. The van der Waals surface area contributed by atoms with E-state index in [0.717, 1.165) is 23.1 Å². The standard InChI is InChI=1S/C19H12F2N4O3S/c20-11-4-3-10(6-12(11)21)9-22-18(26)15-7-14(19(27)28)23-17-8-13(24-25(15)17)16-2-1-5-29-16/h1-8H,9H2,(H,22,26)(H,27,28). The molecule has 29 heavy (non-hydrogen) atoms. The summed E-state index contributed by atoms with van der Waals surface area (Å²) in [6.45, 7) is -0.0820. The number of nitrogens with one attached hydrogen (secondary N) is 1. The van der Waals surface area contributed by atoms with Gasteiger partial charge in [0.25, 0.3) is 5.91 Å². The first-order valence-corrected chi connectivity index (χ1v) is 9.20. The number of carbonyl (C=O) groups is 2. The zero-order valence-corrected chi connectivity index (χ0v) is 15.4. The van der Waals surface area contributed by atoms with Crippen molar-refractivity contribution < 1.29 is 23.5 Å². The van der Waals surface area contributed by atoms with Gasteiger partial charge >= 0.3 is 5.97 Å². The molecule has 0 spiro atoms. The first-order valence-electron chi connectivity index (χ1n) is 8.32. The van der Waals surface area contributed by atoms with Crippen molar-refractivity contribution >= 4 is 28.9 Å². The first-order chi connectivity index (χ1) is 13.9. The molecule has 0 aliphatic carbocycles. The third-order valence-electron chi connectivity index (χ3n) is 4.09. The summed E-state index contributed by atoms with van der Waals surface area (Å²) in [6, 6.07) is 9.66. The lowest BCUT2D eigenvalue weighted by Gasteiger charge is -2.08. The van der Waals surface area contributed by atoms with Crippen LogP contribution in [0, 0.1) is 11.6 Å². The summed E-state index contributed by atoms with van der Waals surface area (Å²) < 4.78 is 27.6. The van der Waals surface area contributed by atoms with E-state index in [-0.39, 0.29) is 23.6 Å². The topological polar surface area (TPSA) is 96.6 Å². The Morgan fingerprint density at radius 3 is 2.66 bits per heavy atom. The van der Waals surface area contributed by atoms with Crippen molar-refractivity contribution in [3.8, 4) is 10.6 Å². The van der Waals surface area contributed by atoms with Crippen molar-refractivity contribution in [1.29, 1.82) is 0 Å². The van der Waals surface area contributed by atoms with Crippen LogP contribution < -0.4 is 5.32 Å². The minimum absolute atomic E-state index is 0.0437. The van der Waals surface area contributed by atoms with Crippen LogP contribution in [-0.2, 0) is 6.54 Å². The molecule has 4 rings (SSSR count). The quantitative estimate of drug-likeness (QED) is 0.522. The van der Waals surface area contributed by atoms with Crippen molar-refractivity contribution in [3.05, 3.63) is 76.4 Å². The monoisotopic (exact) mass is 414 g/mol. The predicted octanol–water partition coefficient (Wildman–Crippen LogP) is 3.36. The van der Waals surface area contributed by atoms with Gasteiger partial charge in [0.1, 0.15) is 11.4 Å². The average molecular weight is 414 g/mol. The van der Waals surface area contributed by atoms with Gasteiger partial charge in [-0.1, -0.05) is 12.1 Å². The molecule has 0 aliphatic rings. The Labute approximate surface area is 166 Å². The maximum absolute atomic E-state index is 13.3. The van der Waals surface area contributed by atoms with E-state index >= 15 is 0 Å². The zero-order chi connectivity index (χ0) is 20.5. The van der Waals surface area contributed by atoms with Gasteiger partial charge < -0.3 is 10.4 Å². The van der Waals surface area contributed by atoms with E-state index in [1.807, 2.05) is 17.5 Å². The number of carboxylic acids is 1. The van der Waals surface area contributed by atoms with E-state index in [4.69, 9.17) is 0 Å². The smallest absolute Gasteiger partial charge is 0.354 e. The molecular formula is C19H12F2N4O3S. The highest BCUT2D eigenvalue weighted by atomic mass is 32.1. The second-order valence-electron chi connectivity index (χ2n) is 6.04. The number of hydrogen-bond acceptors (Lipinski definition) is 5. The van der Waals surface area contributed by atoms with Gasteiger partial charge in [-0.3, -0.25) is 4.79 Å². The molecule has 0 fully saturated rings. The van der Waals surface area contributed by atoms with Crippen molar-refractivity contribution in [1.82, 2.24) is 19.9 Å². The minimum Gasteiger partial charge on any atom is -0.477 e. The lowest BCUT2D eigenvalue weighted by Crippen LogP contribution is -2.26. The van der Waals surface area contributed by atoms with Crippen LogP contribution in [0.3, 0.4) is 0 Å². The van der Waals surface area contributed by atoms with E-state index in [1.165, 1.54) is 21.9 Å². The van der Waals surface area contributed by atoms with Crippen LogP contribution in [0.15, 0.2) is 47.8 Å². The molecule has 0 bridgehead atoms.